The van der Waals surface area contributed by atoms with Gasteiger partial charge < -0.3 is 9.53 Å². The molecule has 0 saturated carbocycles. The lowest BCUT2D eigenvalue weighted by molar-refractivity contribution is -0.114. The SMILES string of the molecule is C/C=C(\C)OC.CC(C)=O. The van der Waals surface area contributed by atoms with Crippen LogP contribution in [0.4, 0.5) is 0 Å². The van der Waals surface area contributed by atoms with Crippen molar-refractivity contribution >= 4 is 5.78 Å². The molecule has 0 spiro atoms. The Morgan fingerprint density at radius 2 is 1.60 bits per heavy atom. The number of hydrogen-bond acceptors (Lipinski definition) is 2. The summed E-state index contributed by atoms with van der Waals surface area (Å²) in [6.07, 6.45) is 1.92. The number of carbonyl (C=O) groups is 1. The van der Waals surface area contributed by atoms with E-state index in [0.29, 0.717) is 0 Å². The van der Waals surface area contributed by atoms with Crippen LogP contribution in [0.25, 0.3) is 0 Å². The molecule has 0 atom stereocenters. The second-order valence-corrected chi connectivity index (χ2v) is 2.01. The Hall–Kier alpha value is -0.790. The normalized spacial score (nSPS) is 9.50. The van der Waals surface area contributed by atoms with E-state index in [4.69, 9.17) is 4.74 Å². The van der Waals surface area contributed by atoms with Gasteiger partial charge in [-0.15, -0.1) is 0 Å². The van der Waals surface area contributed by atoms with Gasteiger partial charge in [-0.3, -0.25) is 0 Å². The van der Waals surface area contributed by atoms with Crippen LogP contribution in [0.2, 0.25) is 0 Å². The van der Waals surface area contributed by atoms with E-state index in [1.807, 2.05) is 19.9 Å². The summed E-state index contributed by atoms with van der Waals surface area (Å²) in [6, 6.07) is 0. The molecule has 0 radical (unpaired) electrons. The highest BCUT2D eigenvalue weighted by molar-refractivity contribution is 5.72. The second kappa shape index (κ2) is 8.21. The molecule has 0 aliphatic carbocycles. The molecule has 0 rings (SSSR count). The quantitative estimate of drug-likeness (QED) is 0.527. The Morgan fingerprint density at radius 3 is 1.60 bits per heavy atom. The first-order chi connectivity index (χ1) is 4.54. The molecule has 0 bridgehead atoms. The average Bonchev–Trinajstić information content (AvgIpc) is 1.85. The van der Waals surface area contributed by atoms with Crippen molar-refractivity contribution in [1.29, 1.82) is 0 Å². The lowest BCUT2D eigenvalue weighted by Crippen LogP contribution is -1.73. The molecule has 0 unspecified atom stereocenters. The fourth-order valence-corrected chi connectivity index (χ4v) is 0.118. The van der Waals surface area contributed by atoms with E-state index < -0.39 is 0 Å². The van der Waals surface area contributed by atoms with E-state index in [9.17, 15) is 4.79 Å². The Kier molecular flexibility index (Phi) is 9.80. The Labute approximate surface area is 62.9 Å². The highest BCUT2D eigenvalue weighted by Gasteiger charge is 1.72. The third-order valence-electron chi connectivity index (χ3n) is 0.729. The maximum Gasteiger partial charge on any atom is 0.126 e. The first-order valence-electron chi connectivity index (χ1n) is 3.18. The molecule has 0 aliphatic rings. The fraction of sp³-hybridized carbons (Fsp3) is 0.625. The maximum absolute atomic E-state index is 9.44. The summed E-state index contributed by atoms with van der Waals surface area (Å²) >= 11 is 0. The zero-order valence-electron chi connectivity index (χ0n) is 7.39. The van der Waals surface area contributed by atoms with E-state index in [-0.39, 0.29) is 5.78 Å². The zero-order chi connectivity index (χ0) is 8.57. The van der Waals surface area contributed by atoms with Crippen molar-refractivity contribution < 1.29 is 9.53 Å². The summed E-state index contributed by atoms with van der Waals surface area (Å²) in [7, 11) is 1.66. The lowest BCUT2D eigenvalue weighted by atomic mass is 10.5. The Balaban J connectivity index is 0. The summed E-state index contributed by atoms with van der Waals surface area (Å²) in [5, 5.41) is 0. The second-order valence-electron chi connectivity index (χ2n) is 2.01. The van der Waals surface area contributed by atoms with Crippen LogP contribution in [0.1, 0.15) is 27.7 Å². The van der Waals surface area contributed by atoms with Crippen LogP contribution in [0.5, 0.6) is 0 Å². The van der Waals surface area contributed by atoms with Gasteiger partial charge in [-0.25, -0.2) is 0 Å². The summed E-state index contributed by atoms with van der Waals surface area (Å²) in [5.41, 5.74) is 0. The van der Waals surface area contributed by atoms with Crippen molar-refractivity contribution in [3.63, 3.8) is 0 Å². The van der Waals surface area contributed by atoms with Crippen LogP contribution in [0.15, 0.2) is 11.8 Å². The predicted octanol–water partition coefficient (Wildman–Crippen LogP) is 2.15. The monoisotopic (exact) mass is 144 g/mol. The van der Waals surface area contributed by atoms with E-state index in [2.05, 4.69) is 0 Å². The molecule has 0 aromatic heterocycles. The van der Waals surface area contributed by atoms with Gasteiger partial charge in [0, 0.05) is 0 Å². The first-order valence-corrected chi connectivity index (χ1v) is 3.18. The molecule has 0 aliphatic heterocycles. The molecule has 2 nitrogen and oxygen atoms in total. The number of ether oxygens (including phenoxy) is 1. The van der Waals surface area contributed by atoms with Gasteiger partial charge in [0.25, 0.3) is 0 Å². The van der Waals surface area contributed by atoms with Crippen molar-refractivity contribution in [1.82, 2.24) is 0 Å². The summed E-state index contributed by atoms with van der Waals surface area (Å²) in [4.78, 5) is 9.44. The molecule has 10 heavy (non-hydrogen) atoms. The van der Waals surface area contributed by atoms with Crippen molar-refractivity contribution in [2.45, 2.75) is 27.7 Å². The van der Waals surface area contributed by atoms with Crippen molar-refractivity contribution in [3.8, 4) is 0 Å². The molecule has 0 aromatic carbocycles. The van der Waals surface area contributed by atoms with Crippen molar-refractivity contribution in [2.24, 2.45) is 0 Å². The molecular formula is C8H16O2. The highest BCUT2D eigenvalue weighted by atomic mass is 16.5. The van der Waals surface area contributed by atoms with Gasteiger partial charge in [0.2, 0.25) is 0 Å². The van der Waals surface area contributed by atoms with Gasteiger partial charge in [-0.2, -0.15) is 0 Å². The predicted molar refractivity (Wildman–Crippen MR) is 42.8 cm³/mol. The van der Waals surface area contributed by atoms with Crippen LogP contribution in [0.3, 0.4) is 0 Å². The minimum absolute atomic E-state index is 0.167. The number of rotatable bonds is 1. The summed E-state index contributed by atoms with van der Waals surface area (Å²) < 4.78 is 4.76. The molecule has 60 valence electrons. The number of Topliss-reactive ketones (excluding diaryl/α,β-unsaturated/α-hetero) is 1. The van der Waals surface area contributed by atoms with Crippen LogP contribution < -0.4 is 0 Å². The van der Waals surface area contributed by atoms with E-state index in [0.717, 1.165) is 5.76 Å². The Bertz CT molecular complexity index is 110. The highest BCUT2D eigenvalue weighted by Crippen LogP contribution is 1.87. The molecule has 0 N–H and O–H groups in total. The average molecular weight is 144 g/mol. The number of carbonyl (C=O) groups excluding carboxylic acids is 1. The molecule has 0 aromatic rings. The molecule has 2 heteroatoms. The smallest absolute Gasteiger partial charge is 0.126 e. The minimum atomic E-state index is 0.167. The van der Waals surface area contributed by atoms with Crippen molar-refractivity contribution in [3.05, 3.63) is 11.8 Å². The third-order valence-corrected chi connectivity index (χ3v) is 0.729. The van der Waals surface area contributed by atoms with Crippen LogP contribution >= 0.6 is 0 Å². The van der Waals surface area contributed by atoms with E-state index in [1.165, 1.54) is 13.8 Å². The van der Waals surface area contributed by atoms with Gasteiger partial charge >= 0.3 is 0 Å². The third kappa shape index (κ3) is 27.0. The van der Waals surface area contributed by atoms with Gasteiger partial charge in [-0.1, -0.05) is 6.08 Å². The Morgan fingerprint density at radius 1 is 1.30 bits per heavy atom. The van der Waals surface area contributed by atoms with Gasteiger partial charge in [-0.05, 0) is 27.7 Å². The van der Waals surface area contributed by atoms with Crippen LogP contribution in [0, 0.1) is 0 Å². The largest absolute Gasteiger partial charge is 0.502 e. The van der Waals surface area contributed by atoms with Crippen LogP contribution in [-0.4, -0.2) is 12.9 Å². The topological polar surface area (TPSA) is 26.3 Å². The minimum Gasteiger partial charge on any atom is -0.502 e. The van der Waals surface area contributed by atoms with Crippen LogP contribution in [-0.2, 0) is 9.53 Å². The molecule has 0 heterocycles. The molecule has 0 fully saturated rings. The van der Waals surface area contributed by atoms with Gasteiger partial charge in [0.05, 0.1) is 12.9 Å². The molecular weight excluding hydrogens is 128 g/mol. The maximum atomic E-state index is 9.44. The first kappa shape index (κ1) is 11.9. The summed E-state index contributed by atoms with van der Waals surface area (Å²) in [6.45, 7) is 6.92. The number of hydrogen-bond donors (Lipinski definition) is 0. The molecule has 0 saturated heterocycles. The van der Waals surface area contributed by atoms with Crippen molar-refractivity contribution in [2.75, 3.05) is 7.11 Å². The van der Waals surface area contributed by atoms with E-state index in [1.54, 1.807) is 7.11 Å². The standard InChI is InChI=1S/C5H10O.C3H6O/c1-4-5(2)6-3;1-3(2)4/h4H,1-3H3;1-2H3/b5-4+;. The van der Waals surface area contributed by atoms with Gasteiger partial charge in [0.1, 0.15) is 5.78 Å². The van der Waals surface area contributed by atoms with Gasteiger partial charge in [0.15, 0.2) is 0 Å². The summed E-state index contributed by atoms with van der Waals surface area (Å²) in [5.74, 6) is 1.13. The number of allylic oxidation sites excluding steroid dienone is 2. The number of methoxy groups -OCH3 is 1. The number of ketones is 1. The van der Waals surface area contributed by atoms with E-state index >= 15 is 0 Å². The zero-order valence-corrected chi connectivity index (χ0v) is 7.39. The lowest BCUT2D eigenvalue weighted by Gasteiger charge is -1.91. The fourth-order valence-electron chi connectivity index (χ4n) is 0.118. The molecule has 0 amide bonds.